The highest BCUT2D eigenvalue weighted by atomic mass is 19.4. The Balaban J connectivity index is 1.38. The number of hydrogen-bond acceptors (Lipinski definition) is 5. The molecule has 2 saturated carbocycles. The van der Waals surface area contributed by atoms with Gasteiger partial charge in [-0.1, -0.05) is 18.1 Å². The van der Waals surface area contributed by atoms with E-state index in [1.165, 1.54) is 31.9 Å². The van der Waals surface area contributed by atoms with Gasteiger partial charge in [0.15, 0.2) is 0 Å². The lowest BCUT2D eigenvalue weighted by atomic mass is 9.55. The minimum atomic E-state index is -4.43. The predicted octanol–water partition coefficient (Wildman–Crippen LogP) is 5.09. The molecule has 9 heteroatoms. The average Bonchev–Trinajstić information content (AvgIpc) is 3.75. The molecule has 2 aromatic rings. The van der Waals surface area contributed by atoms with Crippen LogP contribution in [0.25, 0.3) is 0 Å². The van der Waals surface area contributed by atoms with Gasteiger partial charge in [-0.3, -0.25) is 9.59 Å². The lowest BCUT2D eigenvalue weighted by molar-refractivity contribution is -0.150. The Bertz CT molecular complexity index is 1350. The van der Waals surface area contributed by atoms with Gasteiger partial charge in [0.1, 0.15) is 5.75 Å². The number of likely N-dealkylation sites (tertiary alicyclic amines) is 1. The molecular weight excluding hydrogens is 533 g/mol. The van der Waals surface area contributed by atoms with Gasteiger partial charge in [0.2, 0.25) is 0 Å². The number of halogens is 3. The van der Waals surface area contributed by atoms with E-state index in [4.69, 9.17) is 9.47 Å². The standard InChI is InChI=1S/C32H35F3N2O4/c1-22(38)41-28-5-3-4-26(18-28)30-16-17-37(20-24-6-7-24)21-31(30,40-2)15-14-27(19-30)36-29(39)13-10-23-8-11-25(12-9-23)32(33,34)35/h3-5,8-9,11-12,18,24,27H,6-7,14-17,19-21H2,1-2H3,(H,36,39)/t27-,30+,31+/m1/s1. The fourth-order valence-electron chi connectivity index (χ4n) is 6.65. The van der Waals surface area contributed by atoms with Crippen LogP contribution in [-0.4, -0.2) is 55.2 Å². The highest BCUT2D eigenvalue weighted by molar-refractivity contribution is 5.94. The Morgan fingerprint density at radius 3 is 2.51 bits per heavy atom. The topological polar surface area (TPSA) is 67.9 Å². The van der Waals surface area contributed by atoms with Crippen molar-refractivity contribution < 1.29 is 32.2 Å². The Labute approximate surface area is 238 Å². The fraction of sp³-hybridized carbons (Fsp3) is 0.500. The van der Waals surface area contributed by atoms with Crippen molar-refractivity contribution in [1.82, 2.24) is 10.2 Å². The van der Waals surface area contributed by atoms with Crippen molar-refractivity contribution in [2.24, 2.45) is 5.92 Å². The Hall–Kier alpha value is -3.35. The second kappa shape index (κ2) is 11.5. The molecule has 1 heterocycles. The summed E-state index contributed by atoms with van der Waals surface area (Å²) in [5, 5.41) is 3.05. The van der Waals surface area contributed by atoms with Crippen molar-refractivity contribution >= 4 is 11.9 Å². The van der Waals surface area contributed by atoms with E-state index in [2.05, 4.69) is 22.1 Å². The van der Waals surface area contributed by atoms with Crippen LogP contribution in [-0.2, 0) is 25.9 Å². The molecule has 0 aromatic heterocycles. The minimum absolute atomic E-state index is 0.181. The third-order valence-electron chi connectivity index (χ3n) is 8.82. The predicted molar refractivity (Wildman–Crippen MR) is 147 cm³/mol. The molecule has 1 amide bonds. The molecule has 2 aromatic carbocycles. The van der Waals surface area contributed by atoms with Gasteiger partial charge < -0.3 is 19.7 Å². The van der Waals surface area contributed by atoms with Crippen molar-refractivity contribution in [2.75, 3.05) is 26.7 Å². The number of carbonyl (C=O) groups excluding carboxylic acids is 2. The van der Waals surface area contributed by atoms with E-state index in [1.54, 1.807) is 13.2 Å². The number of nitrogens with one attached hydrogen (secondary N) is 1. The Kier molecular flexibility index (Phi) is 8.18. The summed E-state index contributed by atoms with van der Waals surface area (Å²) in [5.41, 5.74) is -0.338. The van der Waals surface area contributed by atoms with Gasteiger partial charge in [-0.2, -0.15) is 13.2 Å². The zero-order chi connectivity index (χ0) is 29.3. The number of esters is 1. The zero-order valence-corrected chi connectivity index (χ0v) is 23.4. The van der Waals surface area contributed by atoms with Gasteiger partial charge in [0.25, 0.3) is 5.91 Å². The van der Waals surface area contributed by atoms with Gasteiger partial charge in [-0.05, 0) is 92.9 Å². The maximum absolute atomic E-state index is 12.9. The molecule has 6 nitrogen and oxygen atoms in total. The summed E-state index contributed by atoms with van der Waals surface area (Å²) < 4.78 is 50.4. The van der Waals surface area contributed by atoms with E-state index in [0.29, 0.717) is 24.2 Å². The zero-order valence-electron chi connectivity index (χ0n) is 23.4. The van der Waals surface area contributed by atoms with E-state index in [-0.39, 0.29) is 6.04 Å². The van der Waals surface area contributed by atoms with E-state index >= 15 is 0 Å². The quantitative estimate of drug-likeness (QED) is 0.299. The lowest BCUT2D eigenvalue weighted by Crippen LogP contribution is -2.68. The molecule has 3 fully saturated rings. The monoisotopic (exact) mass is 568 g/mol. The molecule has 218 valence electrons. The van der Waals surface area contributed by atoms with Crippen molar-refractivity contribution in [3.63, 3.8) is 0 Å². The summed E-state index contributed by atoms with van der Waals surface area (Å²) in [6, 6.07) is 11.9. The van der Waals surface area contributed by atoms with Crippen LogP contribution < -0.4 is 10.1 Å². The summed E-state index contributed by atoms with van der Waals surface area (Å²) in [6.07, 6.45) is 0.977. The van der Waals surface area contributed by atoms with Gasteiger partial charge in [0, 0.05) is 50.1 Å². The van der Waals surface area contributed by atoms with Crippen LogP contribution in [0, 0.1) is 17.8 Å². The highest BCUT2D eigenvalue weighted by Gasteiger charge is 2.59. The van der Waals surface area contributed by atoms with Crippen LogP contribution >= 0.6 is 0 Å². The molecule has 3 atom stereocenters. The highest BCUT2D eigenvalue weighted by Crippen LogP contribution is 2.54. The van der Waals surface area contributed by atoms with Crippen molar-refractivity contribution in [3.8, 4) is 17.6 Å². The smallest absolute Gasteiger partial charge is 0.416 e. The van der Waals surface area contributed by atoms with E-state index in [0.717, 1.165) is 56.1 Å². The summed E-state index contributed by atoms with van der Waals surface area (Å²) in [7, 11) is 1.76. The normalized spacial score (nSPS) is 26.3. The largest absolute Gasteiger partial charge is 0.427 e. The summed E-state index contributed by atoms with van der Waals surface area (Å²) in [5.74, 6) is 5.57. The number of hydrogen-bond donors (Lipinski definition) is 1. The number of amides is 1. The second-order valence-corrected chi connectivity index (χ2v) is 11.6. The average molecular weight is 569 g/mol. The fourth-order valence-corrected chi connectivity index (χ4v) is 6.65. The number of ether oxygens (including phenoxy) is 2. The van der Waals surface area contributed by atoms with Crippen LogP contribution in [0.3, 0.4) is 0 Å². The number of carbonyl (C=O) groups is 2. The number of alkyl halides is 3. The third kappa shape index (κ3) is 6.44. The van der Waals surface area contributed by atoms with E-state index in [1.807, 2.05) is 18.2 Å². The van der Waals surface area contributed by atoms with Crippen molar-refractivity contribution in [3.05, 3.63) is 65.2 Å². The first-order valence-electron chi connectivity index (χ1n) is 14.1. The molecular formula is C32H35F3N2O4. The second-order valence-electron chi connectivity index (χ2n) is 11.6. The third-order valence-corrected chi connectivity index (χ3v) is 8.82. The van der Waals surface area contributed by atoms with Gasteiger partial charge in [-0.15, -0.1) is 0 Å². The molecule has 0 spiro atoms. The van der Waals surface area contributed by atoms with Crippen LogP contribution in [0.4, 0.5) is 13.2 Å². The molecule has 1 aliphatic heterocycles. The number of nitrogens with zero attached hydrogens (tertiary/aromatic N) is 1. The molecule has 5 rings (SSSR count). The maximum Gasteiger partial charge on any atom is 0.416 e. The molecule has 1 saturated heterocycles. The molecule has 3 aliphatic rings. The summed E-state index contributed by atoms with van der Waals surface area (Å²) in [4.78, 5) is 27.0. The molecule has 0 radical (unpaired) electrons. The summed E-state index contributed by atoms with van der Waals surface area (Å²) >= 11 is 0. The minimum Gasteiger partial charge on any atom is -0.427 e. The summed E-state index contributed by atoms with van der Waals surface area (Å²) in [6.45, 7) is 4.12. The first kappa shape index (κ1) is 29.2. The number of methoxy groups -OCH3 is 1. The number of benzene rings is 2. The number of rotatable bonds is 6. The lowest BCUT2D eigenvalue weighted by Gasteiger charge is -2.60. The maximum atomic E-state index is 12.9. The number of piperidine rings is 1. The van der Waals surface area contributed by atoms with Crippen LogP contribution in [0.15, 0.2) is 48.5 Å². The number of fused-ring (bicyclic) bond motifs is 1. The first-order valence-corrected chi connectivity index (χ1v) is 14.1. The van der Waals surface area contributed by atoms with Gasteiger partial charge in [-0.25, -0.2) is 0 Å². The SMILES string of the molecule is CO[C@]12CC[C@@H](NC(=O)C#Cc3ccc(C(F)(F)F)cc3)C[C@]1(c1cccc(OC(C)=O)c1)CCN(CC1CC1)C2. The van der Waals surface area contributed by atoms with Crippen LogP contribution in [0.1, 0.15) is 62.1 Å². The first-order chi connectivity index (χ1) is 19.5. The van der Waals surface area contributed by atoms with Crippen molar-refractivity contribution in [1.29, 1.82) is 0 Å². The van der Waals surface area contributed by atoms with Crippen LogP contribution in [0.5, 0.6) is 5.75 Å². The molecule has 2 aliphatic carbocycles. The van der Waals surface area contributed by atoms with E-state index < -0.39 is 34.6 Å². The molecule has 0 unspecified atom stereocenters. The molecule has 1 N–H and O–H groups in total. The molecule has 41 heavy (non-hydrogen) atoms. The van der Waals surface area contributed by atoms with Crippen LogP contribution in [0.2, 0.25) is 0 Å². The van der Waals surface area contributed by atoms with Gasteiger partial charge in [0.05, 0.1) is 11.2 Å². The Morgan fingerprint density at radius 2 is 1.85 bits per heavy atom. The van der Waals surface area contributed by atoms with Crippen molar-refractivity contribution in [2.45, 2.75) is 68.7 Å². The Morgan fingerprint density at radius 1 is 1.10 bits per heavy atom. The van der Waals surface area contributed by atoms with Gasteiger partial charge >= 0.3 is 12.1 Å². The van der Waals surface area contributed by atoms with E-state index in [9.17, 15) is 22.8 Å². The molecule has 0 bridgehead atoms.